The number of amides is 1. The zero-order valence-electron chi connectivity index (χ0n) is 9.68. The highest BCUT2D eigenvalue weighted by molar-refractivity contribution is 8.13. The zero-order valence-corrected chi connectivity index (χ0v) is 10.5. The number of hydrogen-bond donors (Lipinski definition) is 1. The highest BCUT2D eigenvalue weighted by Crippen LogP contribution is 2.08. The summed E-state index contributed by atoms with van der Waals surface area (Å²) in [7, 11) is 0. The lowest BCUT2D eigenvalue weighted by molar-refractivity contribution is -0.109. The Bertz CT molecular complexity index is 424. The van der Waals surface area contributed by atoms with Gasteiger partial charge in [0.1, 0.15) is 0 Å². The molecule has 0 bridgehead atoms. The molecule has 17 heavy (non-hydrogen) atoms. The number of allylic oxidation sites excluding steroid dienone is 1. The maximum atomic E-state index is 10.8. The van der Waals surface area contributed by atoms with Crippen molar-refractivity contribution in [3.8, 4) is 0 Å². The molecule has 1 aromatic rings. The molecule has 4 heteroatoms. The summed E-state index contributed by atoms with van der Waals surface area (Å²) in [5, 5.41) is 0.143. The average Bonchev–Trinajstić information content (AvgIpc) is 2.29. The summed E-state index contributed by atoms with van der Waals surface area (Å²) < 4.78 is 0. The van der Waals surface area contributed by atoms with Crippen molar-refractivity contribution in [2.24, 2.45) is 5.73 Å². The molecule has 0 aromatic heterocycles. The third kappa shape index (κ3) is 5.36. The van der Waals surface area contributed by atoms with E-state index in [2.05, 4.69) is 0 Å². The van der Waals surface area contributed by atoms with E-state index in [0.717, 1.165) is 17.7 Å². The molecular weight excluding hydrogens is 234 g/mol. The molecule has 2 N–H and O–H groups in total. The third-order valence-electron chi connectivity index (χ3n) is 2.10. The SMILES string of the molecule is CC(=O)SCCC=Cc1ccc(C(N)=O)cc1. The Kier molecular flexibility index (Phi) is 5.49. The van der Waals surface area contributed by atoms with Crippen LogP contribution in [0.3, 0.4) is 0 Å². The first-order valence-electron chi connectivity index (χ1n) is 5.29. The largest absolute Gasteiger partial charge is 0.366 e. The molecule has 0 fully saturated rings. The van der Waals surface area contributed by atoms with Gasteiger partial charge in [-0.2, -0.15) is 0 Å². The van der Waals surface area contributed by atoms with Crippen molar-refractivity contribution in [1.29, 1.82) is 0 Å². The molecule has 0 atom stereocenters. The number of thioether (sulfide) groups is 1. The normalized spacial score (nSPS) is 10.6. The number of nitrogens with two attached hydrogens (primary N) is 1. The number of carbonyl (C=O) groups is 2. The Morgan fingerprint density at radius 1 is 1.29 bits per heavy atom. The average molecular weight is 249 g/mol. The fourth-order valence-electron chi connectivity index (χ4n) is 1.25. The lowest BCUT2D eigenvalue weighted by atomic mass is 10.1. The number of benzene rings is 1. The van der Waals surface area contributed by atoms with Gasteiger partial charge in [-0.3, -0.25) is 9.59 Å². The van der Waals surface area contributed by atoms with E-state index < -0.39 is 5.91 Å². The van der Waals surface area contributed by atoms with Crippen molar-refractivity contribution in [3.05, 3.63) is 41.5 Å². The molecule has 0 aliphatic heterocycles. The lowest BCUT2D eigenvalue weighted by Gasteiger charge is -1.96. The van der Waals surface area contributed by atoms with Crippen LogP contribution in [0.4, 0.5) is 0 Å². The van der Waals surface area contributed by atoms with Crippen LogP contribution < -0.4 is 5.73 Å². The Morgan fingerprint density at radius 2 is 1.94 bits per heavy atom. The highest BCUT2D eigenvalue weighted by atomic mass is 32.2. The molecule has 90 valence electrons. The van der Waals surface area contributed by atoms with Crippen LogP contribution in [0.1, 0.15) is 29.3 Å². The van der Waals surface area contributed by atoms with Gasteiger partial charge in [-0.05, 0) is 24.1 Å². The minimum absolute atomic E-state index is 0.143. The van der Waals surface area contributed by atoms with Crippen molar-refractivity contribution in [2.75, 3.05) is 5.75 Å². The molecule has 0 aliphatic rings. The van der Waals surface area contributed by atoms with Gasteiger partial charge in [-0.15, -0.1) is 0 Å². The van der Waals surface area contributed by atoms with E-state index in [-0.39, 0.29) is 5.12 Å². The van der Waals surface area contributed by atoms with Crippen LogP contribution in [0.2, 0.25) is 0 Å². The Balaban J connectivity index is 2.43. The van der Waals surface area contributed by atoms with E-state index >= 15 is 0 Å². The van der Waals surface area contributed by atoms with E-state index in [1.54, 1.807) is 19.1 Å². The molecule has 1 rings (SSSR count). The van der Waals surface area contributed by atoms with Crippen LogP contribution in [0.5, 0.6) is 0 Å². The molecule has 0 radical (unpaired) electrons. The van der Waals surface area contributed by atoms with Gasteiger partial charge in [0.15, 0.2) is 5.12 Å². The first-order valence-corrected chi connectivity index (χ1v) is 6.28. The van der Waals surface area contributed by atoms with Crippen molar-refractivity contribution in [1.82, 2.24) is 0 Å². The van der Waals surface area contributed by atoms with E-state index in [4.69, 9.17) is 5.73 Å². The predicted molar refractivity (Wildman–Crippen MR) is 71.7 cm³/mol. The van der Waals surface area contributed by atoms with Gasteiger partial charge in [0.25, 0.3) is 0 Å². The standard InChI is InChI=1S/C13H15NO2S/c1-10(15)17-9-3-2-4-11-5-7-12(8-6-11)13(14)16/h2,4-8H,3,9H2,1H3,(H2,14,16). The first-order chi connectivity index (χ1) is 8.09. The smallest absolute Gasteiger partial charge is 0.248 e. The van der Waals surface area contributed by atoms with Gasteiger partial charge >= 0.3 is 0 Å². The summed E-state index contributed by atoms with van der Waals surface area (Å²) >= 11 is 1.32. The zero-order chi connectivity index (χ0) is 12.7. The Hall–Kier alpha value is -1.55. The minimum Gasteiger partial charge on any atom is -0.366 e. The monoisotopic (exact) mass is 249 g/mol. The van der Waals surface area contributed by atoms with Crippen LogP contribution in [-0.4, -0.2) is 16.8 Å². The second kappa shape index (κ2) is 6.91. The van der Waals surface area contributed by atoms with Crippen molar-refractivity contribution >= 4 is 28.9 Å². The summed E-state index contributed by atoms with van der Waals surface area (Å²) in [5.74, 6) is 0.379. The summed E-state index contributed by atoms with van der Waals surface area (Å²) in [6, 6.07) is 7.09. The fraction of sp³-hybridized carbons (Fsp3) is 0.231. The molecule has 0 saturated heterocycles. The number of rotatable bonds is 5. The topological polar surface area (TPSA) is 60.2 Å². The van der Waals surface area contributed by atoms with Crippen LogP contribution >= 0.6 is 11.8 Å². The molecule has 0 heterocycles. The minimum atomic E-state index is -0.418. The van der Waals surface area contributed by atoms with Crippen LogP contribution in [0, 0.1) is 0 Å². The maximum absolute atomic E-state index is 10.8. The molecule has 0 saturated carbocycles. The van der Waals surface area contributed by atoms with E-state index in [1.165, 1.54) is 11.8 Å². The van der Waals surface area contributed by atoms with Crippen LogP contribution in [0.25, 0.3) is 6.08 Å². The summed E-state index contributed by atoms with van der Waals surface area (Å²) in [4.78, 5) is 21.5. The first kappa shape index (κ1) is 13.5. The molecule has 0 aliphatic carbocycles. The summed E-state index contributed by atoms with van der Waals surface area (Å²) in [6.07, 6.45) is 4.82. The lowest BCUT2D eigenvalue weighted by Crippen LogP contribution is -2.10. The van der Waals surface area contributed by atoms with Gasteiger partial charge in [-0.1, -0.05) is 36.0 Å². The van der Waals surface area contributed by atoms with Crippen molar-refractivity contribution in [3.63, 3.8) is 0 Å². The predicted octanol–water partition coefficient (Wildman–Crippen LogP) is 2.47. The molecule has 1 aromatic carbocycles. The van der Waals surface area contributed by atoms with Gasteiger partial charge in [-0.25, -0.2) is 0 Å². The van der Waals surface area contributed by atoms with Gasteiger partial charge in [0.05, 0.1) is 0 Å². The number of hydrogen-bond acceptors (Lipinski definition) is 3. The maximum Gasteiger partial charge on any atom is 0.248 e. The fourth-order valence-corrected chi connectivity index (χ4v) is 1.79. The van der Waals surface area contributed by atoms with Crippen LogP contribution in [0.15, 0.2) is 30.3 Å². The van der Waals surface area contributed by atoms with Crippen molar-refractivity contribution < 1.29 is 9.59 Å². The molecular formula is C13H15NO2S. The van der Waals surface area contributed by atoms with Gasteiger partial charge in [0, 0.05) is 18.2 Å². The second-order valence-corrected chi connectivity index (χ2v) is 4.79. The molecule has 1 amide bonds. The van der Waals surface area contributed by atoms with Gasteiger partial charge in [0.2, 0.25) is 5.91 Å². The van der Waals surface area contributed by atoms with E-state index in [0.29, 0.717) is 5.56 Å². The third-order valence-corrected chi connectivity index (χ3v) is 2.94. The van der Waals surface area contributed by atoms with E-state index in [9.17, 15) is 9.59 Å². The molecule has 3 nitrogen and oxygen atoms in total. The van der Waals surface area contributed by atoms with E-state index in [1.807, 2.05) is 24.3 Å². The second-order valence-electron chi connectivity index (χ2n) is 3.52. The van der Waals surface area contributed by atoms with Crippen LogP contribution in [-0.2, 0) is 4.79 Å². The Morgan fingerprint density at radius 3 is 2.47 bits per heavy atom. The summed E-state index contributed by atoms with van der Waals surface area (Å²) in [6.45, 7) is 1.57. The number of carbonyl (C=O) groups excluding carboxylic acids is 2. The molecule has 0 spiro atoms. The van der Waals surface area contributed by atoms with Crippen molar-refractivity contribution in [2.45, 2.75) is 13.3 Å². The Labute approximate surface area is 105 Å². The number of primary amides is 1. The summed E-state index contributed by atoms with van der Waals surface area (Å²) in [5.41, 5.74) is 6.67. The van der Waals surface area contributed by atoms with Gasteiger partial charge < -0.3 is 5.73 Å². The highest BCUT2D eigenvalue weighted by Gasteiger charge is 1.97. The quantitative estimate of drug-likeness (QED) is 0.815. The molecule has 0 unspecified atom stereocenters.